The quantitative estimate of drug-likeness (QED) is 0.884. The Morgan fingerprint density at radius 2 is 2.05 bits per heavy atom. The van der Waals surface area contributed by atoms with E-state index in [1.807, 2.05) is 12.1 Å². The Balaban J connectivity index is 1.55. The van der Waals surface area contributed by atoms with E-state index in [4.69, 9.17) is 11.6 Å². The smallest absolute Gasteiger partial charge is 0.0408 e. The fraction of sp³-hybridized carbons (Fsp3) is 0.294. The molecule has 0 heterocycles. The summed E-state index contributed by atoms with van der Waals surface area (Å²) in [7, 11) is 0. The molecule has 0 spiro atoms. The van der Waals surface area contributed by atoms with Gasteiger partial charge in [0.25, 0.3) is 0 Å². The molecule has 0 saturated heterocycles. The van der Waals surface area contributed by atoms with Crippen LogP contribution in [0.2, 0.25) is 5.02 Å². The van der Waals surface area contributed by atoms with Crippen molar-refractivity contribution in [1.82, 2.24) is 5.32 Å². The summed E-state index contributed by atoms with van der Waals surface area (Å²) < 4.78 is 0. The monoisotopic (exact) mass is 271 g/mol. The first-order valence-electron chi connectivity index (χ1n) is 6.77. The Bertz CT molecular complexity index is 592. The fourth-order valence-electron chi connectivity index (χ4n) is 2.78. The maximum atomic E-state index is 5.97. The average molecular weight is 272 g/mol. The van der Waals surface area contributed by atoms with Gasteiger partial charge in [-0.25, -0.2) is 0 Å². The largest absolute Gasteiger partial charge is 0.312 e. The maximum absolute atomic E-state index is 5.97. The highest BCUT2D eigenvalue weighted by Crippen LogP contribution is 2.34. The minimum absolute atomic E-state index is 0.684. The third kappa shape index (κ3) is 2.68. The number of hydrogen-bond acceptors (Lipinski definition) is 1. The highest BCUT2D eigenvalue weighted by molar-refractivity contribution is 6.30. The summed E-state index contributed by atoms with van der Waals surface area (Å²) in [6, 6.07) is 14.8. The van der Waals surface area contributed by atoms with E-state index in [1.165, 1.54) is 28.7 Å². The van der Waals surface area contributed by atoms with Crippen molar-refractivity contribution in [1.29, 1.82) is 0 Å². The Hall–Kier alpha value is -1.31. The lowest BCUT2D eigenvalue weighted by molar-refractivity contribution is 0.535. The SMILES string of the molecule is Cc1cc(Cl)ccc1CNCC1Cc2ccccc21. The molecule has 2 heteroatoms. The lowest BCUT2D eigenvalue weighted by Gasteiger charge is -2.30. The average Bonchev–Trinajstić information content (AvgIpc) is 2.37. The van der Waals surface area contributed by atoms with Crippen molar-refractivity contribution in [2.24, 2.45) is 0 Å². The zero-order chi connectivity index (χ0) is 13.2. The molecule has 2 aromatic carbocycles. The van der Waals surface area contributed by atoms with Crippen LogP contribution in [0.25, 0.3) is 0 Å². The molecule has 1 nitrogen and oxygen atoms in total. The summed E-state index contributed by atoms with van der Waals surface area (Å²) >= 11 is 5.97. The van der Waals surface area contributed by atoms with Crippen LogP contribution in [0.5, 0.6) is 0 Å². The Labute approximate surface area is 119 Å². The zero-order valence-electron chi connectivity index (χ0n) is 11.1. The molecule has 1 unspecified atom stereocenters. The highest BCUT2D eigenvalue weighted by Gasteiger charge is 2.24. The van der Waals surface area contributed by atoms with Gasteiger partial charge in [-0.1, -0.05) is 41.9 Å². The fourth-order valence-corrected chi connectivity index (χ4v) is 3.01. The van der Waals surface area contributed by atoms with Crippen LogP contribution in [0.1, 0.15) is 28.2 Å². The van der Waals surface area contributed by atoms with Gasteiger partial charge in [-0.3, -0.25) is 0 Å². The van der Waals surface area contributed by atoms with E-state index >= 15 is 0 Å². The van der Waals surface area contributed by atoms with E-state index in [0.29, 0.717) is 5.92 Å². The normalized spacial score (nSPS) is 16.8. The molecule has 3 rings (SSSR count). The molecule has 0 bridgehead atoms. The first kappa shape index (κ1) is 12.7. The number of aryl methyl sites for hydroxylation is 1. The van der Waals surface area contributed by atoms with Crippen LogP contribution in [0.4, 0.5) is 0 Å². The molecule has 0 aromatic heterocycles. The van der Waals surface area contributed by atoms with Gasteiger partial charge in [0, 0.05) is 24.0 Å². The van der Waals surface area contributed by atoms with Gasteiger partial charge in [-0.15, -0.1) is 0 Å². The third-order valence-electron chi connectivity index (χ3n) is 3.97. The maximum Gasteiger partial charge on any atom is 0.0408 e. The molecule has 1 N–H and O–H groups in total. The van der Waals surface area contributed by atoms with Crippen LogP contribution in [0.3, 0.4) is 0 Å². The van der Waals surface area contributed by atoms with E-state index in [0.717, 1.165) is 18.1 Å². The van der Waals surface area contributed by atoms with Gasteiger partial charge in [0.2, 0.25) is 0 Å². The molecule has 0 fully saturated rings. The molecule has 0 amide bonds. The van der Waals surface area contributed by atoms with Gasteiger partial charge in [0.15, 0.2) is 0 Å². The van der Waals surface area contributed by atoms with E-state index in [9.17, 15) is 0 Å². The summed E-state index contributed by atoms with van der Waals surface area (Å²) in [5, 5.41) is 4.38. The molecule has 0 saturated carbocycles. The van der Waals surface area contributed by atoms with Crippen LogP contribution in [0, 0.1) is 6.92 Å². The van der Waals surface area contributed by atoms with Crippen LogP contribution in [-0.4, -0.2) is 6.54 Å². The van der Waals surface area contributed by atoms with Gasteiger partial charge >= 0.3 is 0 Å². The van der Waals surface area contributed by atoms with Crippen LogP contribution in [0.15, 0.2) is 42.5 Å². The van der Waals surface area contributed by atoms with E-state index in [1.54, 1.807) is 0 Å². The second-order valence-corrected chi connectivity index (χ2v) is 5.74. The molecule has 0 radical (unpaired) electrons. The molecule has 1 atom stereocenters. The number of rotatable bonds is 4. The molecule has 0 aliphatic heterocycles. The Morgan fingerprint density at radius 1 is 1.21 bits per heavy atom. The van der Waals surface area contributed by atoms with Crippen LogP contribution >= 0.6 is 11.6 Å². The van der Waals surface area contributed by atoms with E-state index in [2.05, 4.69) is 42.6 Å². The van der Waals surface area contributed by atoms with E-state index in [-0.39, 0.29) is 0 Å². The van der Waals surface area contributed by atoms with Crippen molar-refractivity contribution in [3.8, 4) is 0 Å². The number of benzene rings is 2. The minimum atomic E-state index is 0.684. The second kappa shape index (κ2) is 5.36. The van der Waals surface area contributed by atoms with E-state index < -0.39 is 0 Å². The summed E-state index contributed by atoms with van der Waals surface area (Å²) in [4.78, 5) is 0. The predicted molar refractivity (Wildman–Crippen MR) is 80.8 cm³/mol. The lowest BCUT2D eigenvalue weighted by atomic mass is 9.77. The van der Waals surface area contributed by atoms with Crippen LogP contribution < -0.4 is 5.32 Å². The molecular weight excluding hydrogens is 254 g/mol. The standard InChI is InChI=1S/C17H18ClN/c1-12-8-16(18)7-6-14(12)10-19-11-15-9-13-4-2-3-5-17(13)15/h2-8,15,19H,9-11H2,1H3. The van der Waals surface area contributed by atoms with Crippen molar-refractivity contribution in [2.45, 2.75) is 25.8 Å². The molecule has 98 valence electrons. The molecular formula is C17H18ClN. The number of hydrogen-bond donors (Lipinski definition) is 1. The summed E-state index contributed by atoms with van der Waals surface area (Å²) in [6.45, 7) is 4.09. The number of nitrogens with one attached hydrogen (secondary N) is 1. The Kier molecular flexibility index (Phi) is 3.58. The molecule has 2 aromatic rings. The van der Waals surface area contributed by atoms with Gasteiger partial charge in [0.1, 0.15) is 0 Å². The first-order chi connectivity index (χ1) is 9.24. The Morgan fingerprint density at radius 3 is 2.84 bits per heavy atom. The van der Waals surface area contributed by atoms with Crippen LogP contribution in [-0.2, 0) is 13.0 Å². The van der Waals surface area contributed by atoms with Gasteiger partial charge in [-0.05, 0) is 47.7 Å². The third-order valence-corrected chi connectivity index (χ3v) is 4.21. The van der Waals surface area contributed by atoms with Crippen molar-refractivity contribution in [3.05, 3.63) is 69.7 Å². The van der Waals surface area contributed by atoms with Crippen molar-refractivity contribution < 1.29 is 0 Å². The highest BCUT2D eigenvalue weighted by atomic mass is 35.5. The van der Waals surface area contributed by atoms with Crippen molar-refractivity contribution in [3.63, 3.8) is 0 Å². The zero-order valence-corrected chi connectivity index (χ0v) is 11.9. The summed E-state index contributed by atoms with van der Waals surface area (Å²) in [5.41, 5.74) is 5.62. The van der Waals surface area contributed by atoms with Gasteiger partial charge < -0.3 is 5.32 Å². The van der Waals surface area contributed by atoms with Crippen molar-refractivity contribution in [2.75, 3.05) is 6.54 Å². The van der Waals surface area contributed by atoms with Gasteiger partial charge in [0.05, 0.1) is 0 Å². The molecule has 19 heavy (non-hydrogen) atoms. The number of fused-ring (bicyclic) bond motifs is 1. The first-order valence-corrected chi connectivity index (χ1v) is 7.15. The predicted octanol–water partition coefficient (Wildman–Crippen LogP) is 4.08. The topological polar surface area (TPSA) is 12.0 Å². The number of halogens is 1. The van der Waals surface area contributed by atoms with Gasteiger partial charge in [-0.2, -0.15) is 0 Å². The summed E-state index contributed by atoms with van der Waals surface area (Å²) in [6.07, 6.45) is 1.21. The van der Waals surface area contributed by atoms with Crippen molar-refractivity contribution >= 4 is 11.6 Å². The molecule has 1 aliphatic rings. The molecule has 1 aliphatic carbocycles. The summed E-state index contributed by atoms with van der Waals surface area (Å²) in [5.74, 6) is 0.684. The second-order valence-electron chi connectivity index (χ2n) is 5.30. The minimum Gasteiger partial charge on any atom is -0.312 e. The lowest BCUT2D eigenvalue weighted by Crippen LogP contribution is -2.28.